The van der Waals surface area contributed by atoms with Crippen LogP contribution < -0.4 is 5.32 Å². The molecule has 0 unspecified atom stereocenters. The molecule has 0 fully saturated rings. The first-order valence-electron chi connectivity index (χ1n) is 6.32. The van der Waals surface area contributed by atoms with Crippen molar-refractivity contribution in [2.45, 2.75) is 12.5 Å². The van der Waals surface area contributed by atoms with Gasteiger partial charge in [0.15, 0.2) is 0 Å². The van der Waals surface area contributed by atoms with Gasteiger partial charge in [0.2, 0.25) is 0 Å². The Hall–Kier alpha value is -1.69. The number of hydrogen-bond acceptors (Lipinski definition) is 3. The standard InChI is InChI=1S/C14H20N2O3S/c1-16(8-9-20-2)14(19)15-12(13(17)18)10-11-6-4-3-5-7-11/h3-7,12H,8-10H2,1-2H3,(H,15,19)(H,17,18)/t12-/m0/s1. The molecule has 5 nitrogen and oxygen atoms in total. The predicted octanol–water partition coefficient (Wildman–Crippen LogP) is 1.69. The highest BCUT2D eigenvalue weighted by atomic mass is 32.2. The van der Waals surface area contributed by atoms with Crippen molar-refractivity contribution in [2.24, 2.45) is 0 Å². The molecule has 1 atom stereocenters. The van der Waals surface area contributed by atoms with Crippen LogP contribution in [0, 0.1) is 0 Å². The normalized spacial score (nSPS) is 11.7. The SMILES string of the molecule is CSCCN(C)C(=O)N[C@@H](Cc1ccccc1)C(=O)O. The number of aliphatic carboxylic acids is 1. The minimum atomic E-state index is -1.03. The van der Waals surface area contributed by atoms with E-state index in [1.807, 2.05) is 36.6 Å². The number of nitrogens with zero attached hydrogens (tertiary/aromatic N) is 1. The highest BCUT2D eigenvalue weighted by Crippen LogP contribution is 2.04. The summed E-state index contributed by atoms with van der Waals surface area (Å²) >= 11 is 1.64. The number of urea groups is 1. The number of nitrogens with one attached hydrogen (secondary N) is 1. The summed E-state index contributed by atoms with van der Waals surface area (Å²) in [5, 5.41) is 11.8. The van der Waals surface area contributed by atoms with Crippen molar-refractivity contribution in [1.82, 2.24) is 10.2 Å². The van der Waals surface area contributed by atoms with Crippen molar-refractivity contribution in [3.8, 4) is 0 Å². The second-order valence-corrected chi connectivity index (χ2v) is 5.43. The zero-order valence-electron chi connectivity index (χ0n) is 11.7. The van der Waals surface area contributed by atoms with E-state index in [9.17, 15) is 14.7 Å². The molecule has 0 heterocycles. The summed E-state index contributed by atoms with van der Waals surface area (Å²) in [5.41, 5.74) is 0.881. The van der Waals surface area contributed by atoms with E-state index in [2.05, 4.69) is 5.32 Å². The Balaban J connectivity index is 2.59. The summed E-state index contributed by atoms with van der Waals surface area (Å²) in [5.74, 6) is -0.208. The highest BCUT2D eigenvalue weighted by molar-refractivity contribution is 7.98. The molecule has 1 rings (SSSR count). The molecule has 0 radical (unpaired) electrons. The largest absolute Gasteiger partial charge is 0.480 e. The van der Waals surface area contributed by atoms with Crippen LogP contribution in [-0.2, 0) is 11.2 Å². The molecule has 0 bridgehead atoms. The summed E-state index contributed by atoms with van der Waals surface area (Å²) in [6.45, 7) is 0.588. The molecule has 0 saturated heterocycles. The van der Waals surface area contributed by atoms with Crippen molar-refractivity contribution in [3.05, 3.63) is 35.9 Å². The van der Waals surface area contributed by atoms with E-state index in [-0.39, 0.29) is 12.5 Å². The smallest absolute Gasteiger partial charge is 0.326 e. The summed E-state index contributed by atoms with van der Waals surface area (Å²) in [7, 11) is 1.66. The van der Waals surface area contributed by atoms with Gasteiger partial charge >= 0.3 is 12.0 Å². The highest BCUT2D eigenvalue weighted by Gasteiger charge is 2.21. The van der Waals surface area contributed by atoms with Gasteiger partial charge in [-0.1, -0.05) is 30.3 Å². The van der Waals surface area contributed by atoms with Crippen molar-refractivity contribution >= 4 is 23.8 Å². The van der Waals surface area contributed by atoms with Gasteiger partial charge in [-0.2, -0.15) is 11.8 Å². The lowest BCUT2D eigenvalue weighted by molar-refractivity contribution is -0.139. The first-order chi connectivity index (χ1) is 9.54. The lowest BCUT2D eigenvalue weighted by Gasteiger charge is -2.21. The molecule has 2 N–H and O–H groups in total. The topological polar surface area (TPSA) is 69.6 Å². The third kappa shape index (κ3) is 5.52. The molecule has 0 saturated carbocycles. The van der Waals surface area contributed by atoms with Crippen molar-refractivity contribution in [3.63, 3.8) is 0 Å². The van der Waals surface area contributed by atoms with Crippen LogP contribution in [0.2, 0.25) is 0 Å². The first-order valence-corrected chi connectivity index (χ1v) is 7.71. The Morgan fingerprint density at radius 2 is 2.00 bits per heavy atom. The molecular formula is C14H20N2O3S. The quantitative estimate of drug-likeness (QED) is 0.803. The van der Waals surface area contributed by atoms with Gasteiger partial charge in [0.05, 0.1) is 0 Å². The number of carboxylic acids is 1. The maximum atomic E-state index is 11.9. The number of carboxylic acid groups (broad SMARTS) is 1. The second kappa shape index (κ2) is 8.47. The maximum absolute atomic E-state index is 11.9. The maximum Gasteiger partial charge on any atom is 0.326 e. The number of rotatable bonds is 7. The fourth-order valence-corrected chi connectivity index (χ4v) is 2.10. The summed E-state index contributed by atoms with van der Waals surface area (Å²) in [4.78, 5) is 24.6. The van der Waals surface area contributed by atoms with Gasteiger partial charge in [-0.25, -0.2) is 9.59 Å². The van der Waals surface area contributed by atoms with Crippen LogP contribution in [0.4, 0.5) is 4.79 Å². The van der Waals surface area contributed by atoms with Gasteiger partial charge in [0.25, 0.3) is 0 Å². The fraction of sp³-hybridized carbons (Fsp3) is 0.429. The van der Waals surface area contributed by atoms with E-state index in [1.54, 1.807) is 18.8 Å². The van der Waals surface area contributed by atoms with E-state index in [0.29, 0.717) is 6.54 Å². The lowest BCUT2D eigenvalue weighted by atomic mass is 10.1. The number of benzene rings is 1. The average molecular weight is 296 g/mol. The first kappa shape index (κ1) is 16.4. The van der Waals surface area contributed by atoms with Crippen LogP contribution in [0.5, 0.6) is 0 Å². The number of carbonyl (C=O) groups is 2. The molecule has 1 aromatic rings. The zero-order valence-corrected chi connectivity index (χ0v) is 12.5. The minimum Gasteiger partial charge on any atom is -0.480 e. The summed E-state index contributed by atoms with van der Waals surface area (Å²) < 4.78 is 0. The number of hydrogen-bond donors (Lipinski definition) is 2. The third-order valence-electron chi connectivity index (χ3n) is 2.86. The van der Waals surface area contributed by atoms with E-state index < -0.39 is 12.0 Å². The molecule has 0 aliphatic rings. The average Bonchev–Trinajstić information content (AvgIpc) is 2.44. The van der Waals surface area contributed by atoms with Crippen molar-refractivity contribution < 1.29 is 14.7 Å². The Morgan fingerprint density at radius 1 is 1.35 bits per heavy atom. The van der Waals surface area contributed by atoms with Gasteiger partial charge in [-0.15, -0.1) is 0 Å². The summed E-state index contributed by atoms with van der Waals surface area (Å²) in [6.07, 6.45) is 2.24. The number of amides is 2. The Kier molecular flexibility index (Phi) is 6.93. The zero-order chi connectivity index (χ0) is 15.0. The van der Waals surface area contributed by atoms with Gasteiger partial charge < -0.3 is 15.3 Å². The van der Waals surface area contributed by atoms with Gasteiger partial charge in [0, 0.05) is 25.8 Å². The molecule has 110 valence electrons. The van der Waals surface area contributed by atoms with E-state index in [1.165, 1.54) is 4.90 Å². The molecule has 6 heteroatoms. The molecule has 0 aliphatic heterocycles. The van der Waals surface area contributed by atoms with Crippen molar-refractivity contribution in [1.29, 1.82) is 0 Å². The van der Waals surface area contributed by atoms with Gasteiger partial charge in [0.1, 0.15) is 6.04 Å². The molecule has 0 spiro atoms. The molecule has 2 amide bonds. The van der Waals surface area contributed by atoms with Crippen LogP contribution in [0.3, 0.4) is 0 Å². The number of carbonyl (C=O) groups excluding carboxylic acids is 1. The molecular weight excluding hydrogens is 276 g/mol. The molecule has 20 heavy (non-hydrogen) atoms. The second-order valence-electron chi connectivity index (χ2n) is 4.44. The van der Waals surface area contributed by atoms with E-state index in [4.69, 9.17) is 0 Å². The molecule has 0 aliphatic carbocycles. The Morgan fingerprint density at radius 3 is 2.55 bits per heavy atom. The van der Waals surface area contributed by atoms with Crippen molar-refractivity contribution in [2.75, 3.05) is 25.6 Å². The molecule has 1 aromatic carbocycles. The minimum absolute atomic E-state index is 0.276. The van der Waals surface area contributed by atoms with Gasteiger partial charge in [-0.05, 0) is 11.8 Å². The Labute approximate surface area is 123 Å². The predicted molar refractivity (Wildman–Crippen MR) is 81.1 cm³/mol. The molecule has 0 aromatic heterocycles. The fourth-order valence-electron chi connectivity index (χ4n) is 1.64. The van der Waals surface area contributed by atoms with E-state index in [0.717, 1.165) is 11.3 Å². The third-order valence-corrected chi connectivity index (χ3v) is 3.45. The van der Waals surface area contributed by atoms with Gasteiger partial charge in [-0.3, -0.25) is 0 Å². The van der Waals surface area contributed by atoms with E-state index >= 15 is 0 Å². The number of thioether (sulfide) groups is 1. The van der Waals surface area contributed by atoms with Crippen LogP contribution in [0.1, 0.15) is 5.56 Å². The van der Waals surface area contributed by atoms with Crippen LogP contribution in [0.25, 0.3) is 0 Å². The van der Waals surface area contributed by atoms with Crippen LogP contribution in [-0.4, -0.2) is 53.6 Å². The van der Waals surface area contributed by atoms with Crippen LogP contribution in [0.15, 0.2) is 30.3 Å². The lowest BCUT2D eigenvalue weighted by Crippen LogP contribution is -2.48. The Bertz CT molecular complexity index is 439. The van der Waals surface area contributed by atoms with Crippen LogP contribution >= 0.6 is 11.8 Å². The summed E-state index contributed by atoms with van der Waals surface area (Å²) in [6, 6.07) is 7.98. The monoisotopic (exact) mass is 296 g/mol.